The molecule has 1 aliphatic rings. The zero-order valence-electron chi connectivity index (χ0n) is 31.1. The number of hydrogen-bond acceptors (Lipinski definition) is 9. The van der Waals surface area contributed by atoms with Crippen molar-refractivity contribution in [1.82, 2.24) is 20.3 Å². The summed E-state index contributed by atoms with van der Waals surface area (Å²) in [6, 6.07) is 17.5. The Kier molecular flexibility index (Phi) is 14.3. The number of sulfonamides is 1. The van der Waals surface area contributed by atoms with Crippen LogP contribution in [0, 0.1) is 11.8 Å². The number of nitrogens with one attached hydrogen (secondary N) is 3. The van der Waals surface area contributed by atoms with Crippen molar-refractivity contribution >= 4 is 45.2 Å². The molecule has 0 saturated carbocycles. The van der Waals surface area contributed by atoms with Crippen LogP contribution in [0.1, 0.15) is 79.7 Å². The fourth-order valence-corrected chi connectivity index (χ4v) is 7.47. The van der Waals surface area contributed by atoms with Gasteiger partial charge in [0.1, 0.15) is 6.04 Å². The van der Waals surface area contributed by atoms with E-state index < -0.39 is 87.5 Å². The van der Waals surface area contributed by atoms with Crippen molar-refractivity contribution in [2.24, 2.45) is 11.8 Å². The first kappa shape index (κ1) is 42.6. The summed E-state index contributed by atoms with van der Waals surface area (Å²) in [4.78, 5) is 80.0. The monoisotopic (exact) mass is 780 g/mol. The Morgan fingerprint density at radius 3 is 1.93 bits per heavy atom. The first-order valence-corrected chi connectivity index (χ1v) is 19.5. The molecule has 1 saturated heterocycles. The molecule has 3 atom stereocenters. The van der Waals surface area contributed by atoms with Crippen molar-refractivity contribution < 1.29 is 46.0 Å². The number of hydrogen-bond donors (Lipinski definition) is 3. The summed E-state index contributed by atoms with van der Waals surface area (Å²) in [5.41, 5.74) is 0.855. The average molecular weight is 781 g/mol. The lowest BCUT2D eigenvalue weighted by Crippen LogP contribution is -2.59. The van der Waals surface area contributed by atoms with Gasteiger partial charge in [-0.15, -0.1) is 0 Å². The largest absolute Gasteiger partial charge is 0.364 e. The molecular weight excluding hydrogens is 735 g/mol. The minimum atomic E-state index is -4.28. The number of alkyl halides is 2. The van der Waals surface area contributed by atoms with E-state index in [1.807, 2.05) is 22.9 Å². The normalized spacial score (nSPS) is 16.0. The smallest absolute Gasteiger partial charge is 0.340 e. The molecule has 3 aromatic rings. The van der Waals surface area contributed by atoms with Crippen molar-refractivity contribution in [1.29, 1.82) is 0 Å². The molecule has 3 N–H and O–H groups in total. The predicted octanol–water partition coefficient (Wildman–Crippen LogP) is 4.49. The van der Waals surface area contributed by atoms with Crippen LogP contribution in [0.4, 0.5) is 8.78 Å². The van der Waals surface area contributed by atoms with Gasteiger partial charge in [0.25, 0.3) is 21.8 Å². The highest BCUT2D eigenvalue weighted by atomic mass is 32.2. The van der Waals surface area contributed by atoms with Crippen LogP contribution in [-0.2, 0) is 35.6 Å². The van der Waals surface area contributed by atoms with E-state index in [2.05, 4.69) is 10.6 Å². The number of carbonyl (C=O) groups is 6. The van der Waals surface area contributed by atoms with Crippen molar-refractivity contribution in [3.63, 3.8) is 0 Å². The van der Waals surface area contributed by atoms with Crippen LogP contribution < -0.4 is 15.4 Å². The Morgan fingerprint density at radius 2 is 1.36 bits per heavy atom. The van der Waals surface area contributed by atoms with Crippen molar-refractivity contribution in [3.8, 4) is 0 Å². The van der Waals surface area contributed by atoms with Gasteiger partial charge in [-0.3, -0.25) is 39.0 Å². The van der Waals surface area contributed by atoms with Gasteiger partial charge < -0.3 is 5.32 Å². The highest BCUT2D eigenvalue weighted by Crippen LogP contribution is 2.31. The van der Waals surface area contributed by atoms with Gasteiger partial charge in [-0.05, 0) is 86.0 Å². The zero-order chi connectivity index (χ0) is 40.5. The fraction of sp³-hybridized carbons (Fsp3) is 0.400. The highest BCUT2D eigenvalue weighted by molar-refractivity contribution is 7.90. The van der Waals surface area contributed by atoms with Gasteiger partial charge >= 0.3 is 5.92 Å². The van der Waals surface area contributed by atoms with E-state index in [1.165, 1.54) is 53.4 Å². The molecule has 4 rings (SSSR count). The van der Waals surface area contributed by atoms with E-state index in [0.29, 0.717) is 12.8 Å². The lowest BCUT2D eigenvalue weighted by molar-refractivity contribution is -0.162. The van der Waals surface area contributed by atoms with Gasteiger partial charge in [-0.2, -0.15) is 8.78 Å². The Morgan fingerprint density at radius 1 is 0.800 bits per heavy atom. The number of ketones is 2. The molecule has 0 radical (unpaired) electrons. The molecule has 15 heteroatoms. The lowest BCUT2D eigenvalue weighted by Gasteiger charge is -2.35. The van der Waals surface area contributed by atoms with Gasteiger partial charge in [0.2, 0.25) is 23.4 Å². The van der Waals surface area contributed by atoms with Crippen molar-refractivity contribution in [2.45, 2.75) is 88.7 Å². The molecule has 55 heavy (non-hydrogen) atoms. The predicted molar refractivity (Wildman–Crippen MR) is 199 cm³/mol. The van der Waals surface area contributed by atoms with E-state index in [1.54, 1.807) is 45.9 Å². The minimum Gasteiger partial charge on any atom is -0.340 e. The van der Waals surface area contributed by atoms with Gasteiger partial charge in [-0.1, -0.05) is 76.2 Å². The van der Waals surface area contributed by atoms with Crippen LogP contribution in [0.2, 0.25) is 0 Å². The minimum absolute atomic E-state index is 0.0306. The number of likely N-dealkylation sites (tertiary alicyclic amines) is 1. The Bertz CT molecular complexity index is 1970. The number of amides is 4. The second-order valence-electron chi connectivity index (χ2n) is 14.2. The summed E-state index contributed by atoms with van der Waals surface area (Å²) in [5.74, 6) is -11.9. The summed E-state index contributed by atoms with van der Waals surface area (Å²) >= 11 is 0. The standard InChI is InChI=1S/C40H46F2N4O8S/c1-25(2)33(43-36(49)28-20-22-29(23-21-28)37(50)45-55(53,54)30-16-9-6-10-17-30)39(52)44-38(51)31-18-12-24-46(31)34(26(3)4)35(48)40(41,42)32(47)19-11-15-27-13-7-5-8-14-27/h5-10,13-14,16-17,20-23,25-26,31,33-34H,11-12,15,18-19,24H2,1-4H3,(H,43,49)(H,45,50)(H,44,51,52)/t31-,33-,34?/m0/s1. The van der Waals surface area contributed by atoms with Crippen molar-refractivity contribution in [3.05, 3.63) is 102 Å². The molecule has 1 fully saturated rings. The molecule has 4 amide bonds. The summed E-state index contributed by atoms with van der Waals surface area (Å²) in [7, 11) is -4.14. The third-order valence-corrected chi connectivity index (χ3v) is 10.7. The number of aryl methyl sites for hydroxylation is 1. The van der Waals surface area contributed by atoms with Crippen LogP contribution in [0.3, 0.4) is 0 Å². The summed E-state index contributed by atoms with van der Waals surface area (Å²) in [5, 5.41) is 4.84. The topological polar surface area (TPSA) is 176 Å². The molecule has 1 heterocycles. The summed E-state index contributed by atoms with van der Waals surface area (Å²) < 4.78 is 57.9. The number of nitrogens with zero attached hydrogens (tertiary/aromatic N) is 1. The van der Waals surface area contributed by atoms with Crippen LogP contribution in [0.5, 0.6) is 0 Å². The maximum Gasteiger partial charge on any atom is 0.364 e. The second-order valence-corrected chi connectivity index (χ2v) is 15.8. The van der Waals surface area contributed by atoms with E-state index in [-0.39, 0.29) is 35.4 Å². The molecule has 1 unspecified atom stereocenters. The van der Waals surface area contributed by atoms with Crippen LogP contribution >= 0.6 is 0 Å². The van der Waals surface area contributed by atoms with Crippen LogP contribution in [-0.4, -0.2) is 79.1 Å². The number of imide groups is 1. The Balaban J connectivity index is 1.38. The van der Waals surface area contributed by atoms with Gasteiger partial charge in [0.05, 0.1) is 17.0 Å². The van der Waals surface area contributed by atoms with E-state index >= 15 is 8.78 Å². The maximum absolute atomic E-state index is 15.4. The van der Waals surface area contributed by atoms with Crippen LogP contribution in [0.25, 0.3) is 0 Å². The first-order chi connectivity index (χ1) is 25.9. The first-order valence-electron chi connectivity index (χ1n) is 18.1. The molecule has 3 aromatic carbocycles. The number of benzene rings is 3. The molecule has 0 aliphatic carbocycles. The van der Waals surface area contributed by atoms with Gasteiger partial charge in [-0.25, -0.2) is 13.1 Å². The number of carbonyl (C=O) groups excluding carboxylic acids is 6. The molecule has 1 aliphatic heterocycles. The van der Waals surface area contributed by atoms with Gasteiger partial charge in [0.15, 0.2) is 0 Å². The molecule has 12 nitrogen and oxygen atoms in total. The molecule has 294 valence electrons. The molecular formula is C40H46F2N4O8S. The van der Waals surface area contributed by atoms with Crippen LogP contribution in [0.15, 0.2) is 89.8 Å². The lowest BCUT2D eigenvalue weighted by atomic mass is 9.90. The third-order valence-electron chi connectivity index (χ3n) is 9.40. The number of Topliss-reactive ketones (excluding diaryl/α,β-unsaturated/α-hetero) is 2. The molecule has 0 bridgehead atoms. The van der Waals surface area contributed by atoms with E-state index in [4.69, 9.17) is 0 Å². The SMILES string of the molecule is CC(C)C(C(=O)C(F)(F)C(=O)CCCc1ccccc1)N1CCC[C@H]1C(=O)NC(=O)[C@@H](NC(=O)c1ccc(C(=O)NS(=O)(=O)c2ccccc2)cc1)C(C)C. The second kappa shape index (κ2) is 18.5. The molecule has 0 aromatic heterocycles. The third kappa shape index (κ3) is 10.8. The fourth-order valence-electron chi connectivity index (χ4n) is 6.47. The summed E-state index contributed by atoms with van der Waals surface area (Å²) in [6.07, 6.45) is 0.553. The van der Waals surface area contributed by atoms with E-state index in [0.717, 1.165) is 5.56 Å². The molecule has 0 spiro atoms. The quantitative estimate of drug-likeness (QED) is 0.167. The number of halogens is 2. The Labute approximate surface area is 319 Å². The van der Waals surface area contributed by atoms with Gasteiger partial charge in [0, 0.05) is 17.5 Å². The summed E-state index contributed by atoms with van der Waals surface area (Å²) in [6.45, 7) is 6.46. The van der Waals surface area contributed by atoms with E-state index in [9.17, 15) is 37.2 Å². The highest BCUT2D eigenvalue weighted by Gasteiger charge is 2.53. The average Bonchev–Trinajstić information content (AvgIpc) is 3.63. The maximum atomic E-state index is 15.4. The number of rotatable bonds is 17. The zero-order valence-corrected chi connectivity index (χ0v) is 31.9. The van der Waals surface area contributed by atoms with Crippen molar-refractivity contribution in [2.75, 3.05) is 6.54 Å². The Hall–Kier alpha value is -5.15.